The first-order chi connectivity index (χ1) is 11.1. The van der Waals surface area contributed by atoms with E-state index in [1.165, 1.54) is 13.2 Å². The second-order valence-corrected chi connectivity index (χ2v) is 6.70. The topological polar surface area (TPSA) is 88.1 Å². The fraction of sp³-hybridized carbons (Fsp3) is 0.833. The van der Waals surface area contributed by atoms with E-state index >= 15 is 4.39 Å². The van der Waals surface area contributed by atoms with Crippen LogP contribution in [0.15, 0.2) is 0 Å². The van der Waals surface area contributed by atoms with Crippen LogP contribution < -0.4 is 5.32 Å². The molecule has 0 aliphatic carbocycles. The van der Waals surface area contributed by atoms with Gasteiger partial charge in [-0.1, -0.05) is 6.92 Å². The molecule has 2 aliphatic heterocycles. The number of urea groups is 1. The number of rotatable bonds is 5. The first kappa shape index (κ1) is 19.7. The molecule has 0 saturated carbocycles. The zero-order chi connectivity index (χ0) is 18.3. The molecule has 12 heteroatoms. The Bertz CT molecular complexity index is 531. The minimum Gasteiger partial charge on any atom is -0.384 e. The first-order valence-corrected chi connectivity index (χ1v) is 8.79. The standard InChI is InChI=1S/C12H18F3N2O5PS/c1-3-11(13)7(19)16-10(20)17(9(11)24-2)8-12(14,15)6(18)5(22-8)4-21-23/h5-6,8-9,18H,3-4,23H2,1-2H3,(H,16,19,20). The Hall–Kier alpha value is -0.610. The first-order valence-electron chi connectivity index (χ1n) is 7.03. The smallest absolute Gasteiger partial charge is 0.327 e. The maximum absolute atomic E-state index is 15.0. The van der Waals surface area contributed by atoms with E-state index < -0.39 is 47.3 Å². The molecule has 0 spiro atoms. The van der Waals surface area contributed by atoms with Gasteiger partial charge in [0.2, 0.25) is 11.9 Å². The van der Waals surface area contributed by atoms with Gasteiger partial charge >= 0.3 is 12.0 Å². The molecule has 0 aromatic heterocycles. The molecule has 7 nitrogen and oxygen atoms in total. The quantitative estimate of drug-likeness (QED) is 0.678. The number of carbonyl (C=O) groups excluding carboxylic acids is 2. The molecule has 24 heavy (non-hydrogen) atoms. The van der Waals surface area contributed by atoms with Crippen LogP contribution >= 0.6 is 21.2 Å². The van der Waals surface area contributed by atoms with E-state index in [0.29, 0.717) is 4.90 Å². The number of thioether (sulfide) groups is 1. The van der Waals surface area contributed by atoms with E-state index in [1.807, 2.05) is 9.47 Å². The maximum Gasteiger partial charge on any atom is 0.327 e. The van der Waals surface area contributed by atoms with Gasteiger partial charge in [-0.15, -0.1) is 11.8 Å². The molecular formula is C12H18F3N2O5PS. The Labute approximate surface area is 142 Å². The lowest BCUT2D eigenvalue weighted by Gasteiger charge is -2.45. The van der Waals surface area contributed by atoms with Crippen molar-refractivity contribution in [3.8, 4) is 0 Å². The largest absolute Gasteiger partial charge is 0.384 e. The molecular weight excluding hydrogens is 372 g/mol. The minimum atomic E-state index is -3.87. The Morgan fingerprint density at radius 3 is 2.58 bits per heavy atom. The molecule has 2 saturated heterocycles. The number of carbonyl (C=O) groups is 2. The number of ether oxygens (including phenoxy) is 1. The molecule has 2 rings (SSSR count). The molecule has 2 fully saturated rings. The van der Waals surface area contributed by atoms with E-state index in [4.69, 9.17) is 4.74 Å². The highest BCUT2D eigenvalue weighted by atomic mass is 32.2. The van der Waals surface area contributed by atoms with Crippen molar-refractivity contribution in [2.75, 3.05) is 12.9 Å². The van der Waals surface area contributed by atoms with Crippen molar-refractivity contribution in [3.63, 3.8) is 0 Å². The Morgan fingerprint density at radius 2 is 2.08 bits per heavy atom. The number of aliphatic hydroxyl groups excluding tert-OH is 1. The van der Waals surface area contributed by atoms with Crippen LogP contribution in [0, 0.1) is 0 Å². The SMILES string of the molecule is CCC1(F)C(=O)NC(=O)N(C2OC(COP)C(O)C2(F)F)C1SC. The highest BCUT2D eigenvalue weighted by Gasteiger charge is 2.66. The maximum atomic E-state index is 15.0. The Balaban J connectivity index is 2.41. The number of imide groups is 1. The summed E-state index contributed by atoms with van der Waals surface area (Å²) in [4.78, 5) is 24.4. The van der Waals surface area contributed by atoms with Gasteiger partial charge in [-0.3, -0.25) is 15.0 Å². The normalized spacial score (nSPS) is 39.2. The fourth-order valence-corrected chi connectivity index (χ4v) is 4.04. The van der Waals surface area contributed by atoms with Gasteiger partial charge in [0, 0.05) is 9.47 Å². The van der Waals surface area contributed by atoms with E-state index in [2.05, 4.69) is 4.52 Å². The number of aliphatic hydroxyl groups is 1. The monoisotopic (exact) mass is 390 g/mol. The summed E-state index contributed by atoms with van der Waals surface area (Å²) in [5.74, 6) is -5.05. The molecule has 0 radical (unpaired) electrons. The van der Waals surface area contributed by atoms with Gasteiger partial charge in [0.1, 0.15) is 11.5 Å². The lowest BCUT2D eigenvalue weighted by molar-refractivity contribution is -0.173. The van der Waals surface area contributed by atoms with Gasteiger partial charge in [-0.05, 0) is 12.7 Å². The molecule has 3 amide bonds. The highest BCUT2D eigenvalue weighted by molar-refractivity contribution is 7.99. The zero-order valence-corrected chi connectivity index (χ0v) is 14.8. The van der Waals surface area contributed by atoms with Crippen LogP contribution in [0.3, 0.4) is 0 Å². The highest BCUT2D eigenvalue weighted by Crippen LogP contribution is 2.44. The Morgan fingerprint density at radius 1 is 1.46 bits per heavy atom. The number of alkyl halides is 3. The van der Waals surface area contributed by atoms with Crippen molar-refractivity contribution in [1.82, 2.24) is 10.2 Å². The van der Waals surface area contributed by atoms with Gasteiger partial charge in [0.25, 0.3) is 5.91 Å². The number of nitrogens with one attached hydrogen (secondary N) is 1. The molecule has 6 atom stereocenters. The average molecular weight is 390 g/mol. The van der Waals surface area contributed by atoms with Crippen LogP contribution in [-0.2, 0) is 14.1 Å². The van der Waals surface area contributed by atoms with Gasteiger partial charge in [0.15, 0.2) is 6.10 Å². The van der Waals surface area contributed by atoms with Gasteiger partial charge in [0.05, 0.1) is 6.61 Å². The number of nitrogens with zero attached hydrogens (tertiary/aromatic N) is 1. The number of halogens is 3. The molecule has 2 N–H and O–H groups in total. The second kappa shape index (κ2) is 6.95. The van der Waals surface area contributed by atoms with Gasteiger partial charge < -0.3 is 14.4 Å². The Kier molecular flexibility index (Phi) is 5.71. The van der Waals surface area contributed by atoms with Crippen molar-refractivity contribution in [2.24, 2.45) is 0 Å². The number of hydrogen-bond acceptors (Lipinski definition) is 6. The van der Waals surface area contributed by atoms with Crippen molar-refractivity contribution >= 4 is 33.2 Å². The third-order valence-electron chi connectivity index (χ3n) is 4.11. The third-order valence-corrected chi connectivity index (χ3v) is 5.35. The average Bonchev–Trinajstić information content (AvgIpc) is 2.74. The summed E-state index contributed by atoms with van der Waals surface area (Å²) in [7, 11) is 1.83. The molecule has 0 aromatic carbocycles. The lowest BCUT2D eigenvalue weighted by atomic mass is 9.97. The predicted octanol–water partition coefficient (Wildman–Crippen LogP) is 0.873. The summed E-state index contributed by atoms with van der Waals surface area (Å²) in [6.07, 6.45) is -4.82. The minimum absolute atomic E-state index is 0.326. The van der Waals surface area contributed by atoms with Crippen LogP contribution in [0.5, 0.6) is 0 Å². The second-order valence-electron chi connectivity index (χ2n) is 5.45. The number of amides is 3. The molecule has 6 unspecified atom stereocenters. The van der Waals surface area contributed by atoms with E-state index in [9.17, 15) is 23.5 Å². The van der Waals surface area contributed by atoms with E-state index in [1.54, 1.807) is 5.32 Å². The molecule has 0 bridgehead atoms. The van der Waals surface area contributed by atoms with Crippen LogP contribution in [0.1, 0.15) is 13.3 Å². The molecule has 2 heterocycles. The summed E-state index contributed by atoms with van der Waals surface area (Å²) in [5.41, 5.74) is -2.56. The molecule has 138 valence electrons. The van der Waals surface area contributed by atoms with Crippen molar-refractivity contribution < 1.29 is 37.1 Å². The summed E-state index contributed by atoms with van der Waals surface area (Å²) in [5, 5.41) is 9.96. The third kappa shape index (κ3) is 2.90. The van der Waals surface area contributed by atoms with Crippen molar-refractivity contribution in [2.45, 2.75) is 48.7 Å². The zero-order valence-electron chi connectivity index (χ0n) is 12.9. The summed E-state index contributed by atoms with van der Waals surface area (Å²) < 4.78 is 53.6. The van der Waals surface area contributed by atoms with E-state index in [-0.39, 0.29) is 13.0 Å². The summed E-state index contributed by atoms with van der Waals surface area (Å²) in [6, 6.07) is -1.20. The molecule has 0 aromatic rings. The number of hydrogen-bond donors (Lipinski definition) is 2. The van der Waals surface area contributed by atoms with Crippen LogP contribution in [0.2, 0.25) is 0 Å². The predicted molar refractivity (Wildman–Crippen MR) is 82.1 cm³/mol. The van der Waals surface area contributed by atoms with Gasteiger partial charge in [-0.2, -0.15) is 8.78 Å². The van der Waals surface area contributed by atoms with Crippen LogP contribution in [-0.4, -0.2) is 70.2 Å². The fourth-order valence-electron chi connectivity index (χ4n) is 2.77. The summed E-state index contributed by atoms with van der Waals surface area (Å²) >= 11 is 0.735. The van der Waals surface area contributed by atoms with Gasteiger partial charge in [-0.25, -0.2) is 9.18 Å². The lowest BCUT2D eigenvalue weighted by Crippen LogP contribution is -2.70. The van der Waals surface area contributed by atoms with E-state index in [0.717, 1.165) is 11.8 Å². The summed E-state index contributed by atoms with van der Waals surface area (Å²) in [6.45, 7) is 0.995. The van der Waals surface area contributed by atoms with Crippen LogP contribution in [0.4, 0.5) is 18.0 Å². The van der Waals surface area contributed by atoms with Crippen LogP contribution in [0.25, 0.3) is 0 Å². The molecule has 2 aliphatic rings. The van der Waals surface area contributed by atoms with Crippen molar-refractivity contribution in [3.05, 3.63) is 0 Å². The van der Waals surface area contributed by atoms with Crippen molar-refractivity contribution in [1.29, 1.82) is 0 Å².